The Hall–Kier alpha value is -3.22. The minimum absolute atomic E-state index is 0.0252. The summed E-state index contributed by atoms with van der Waals surface area (Å²) in [5.74, 6) is 0.457. The van der Waals surface area contributed by atoms with E-state index in [0.29, 0.717) is 29.5 Å². The predicted octanol–water partition coefficient (Wildman–Crippen LogP) is 2.80. The van der Waals surface area contributed by atoms with Crippen molar-refractivity contribution in [3.05, 3.63) is 48.5 Å². The molecular formula is C20H21NO6. The first-order valence-electron chi connectivity index (χ1n) is 8.70. The van der Waals surface area contributed by atoms with E-state index in [1.165, 1.54) is 6.92 Å². The Labute approximate surface area is 157 Å². The van der Waals surface area contributed by atoms with Crippen LogP contribution < -0.4 is 19.5 Å². The Morgan fingerprint density at radius 3 is 2.63 bits per heavy atom. The molecule has 7 heteroatoms. The average molecular weight is 371 g/mol. The number of rotatable bonds is 6. The van der Waals surface area contributed by atoms with E-state index < -0.39 is 24.1 Å². The Morgan fingerprint density at radius 2 is 1.85 bits per heavy atom. The number of anilines is 1. The predicted molar refractivity (Wildman–Crippen MR) is 98.1 cm³/mol. The summed E-state index contributed by atoms with van der Waals surface area (Å²) in [5.41, 5.74) is 0.512. The van der Waals surface area contributed by atoms with Crippen molar-refractivity contribution in [3.8, 4) is 17.2 Å². The van der Waals surface area contributed by atoms with Crippen LogP contribution in [0.4, 0.5) is 5.69 Å². The summed E-state index contributed by atoms with van der Waals surface area (Å²) in [6.07, 6.45) is -1.93. The van der Waals surface area contributed by atoms with Gasteiger partial charge in [0.25, 0.3) is 5.91 Å². The van der Waals surface area contributed by atoms with Crippen LogP contribution in [0.5, 0.6) is 17.2 Å². The lowest BCUT2D eigenvalue weighted by Gasteiger charge is -2.26. The molecule has 0 saturated carbocycles. The van der Waals surface area contributed by atoms with Gasteiger partial charge in [0.2, 0.25) is 6.10 Å². The van der Waals surface area contributed by atoms with Gasteiger partial charge in [-0.05, 0) is 38.1 Å². The molecule has 1 amide bonds. The molecule has 7 nitrogen and oxygen atoms in total. The van der Waals surface area contributed by atoms with Crippen LogP contribution in [0.15, 0.2) is 48.5 Å². The Morgan fingerprint density at radius 1 is 1.15 bits per heavy atom. The van der Waals surface area contributed by atoms with Gasteiger partial charge in [-0.2, -0.15) is 0 Å². The normalized spacial score (nSPS) is 16.1. The van der Waals surface area contributed by atoms with Crippen LogP contribution in [-0.2, 0) is 14.3 Å². The van der Waals surface area contributed by atoms with Crippen LogP contribution in [0.1, 0.15) is 13.8 Å². The molecule has 0 spiro atoms. The first kappa shape index (κ1) is 18.6. The van der Waals surface area contributed by atoms with Gasteiger partial charge in [-0.15, -0.1) is 0 Å². The van der Waals surface area contributed by atoms with Crippen molar-refractivity contribution in [2.75, 3.05) is 18.5 Å². The third-order valence-corrected chi connectivity index (χ3v) is 3.88. The van der Waals surface area contributed by atoms with Crippen molar-refractivity contribution >= 4 is 17.6 Å². The number of esters is 1. The van der Waals surface area contributed by atoms with Gasteiger partial charge in [-0.3, -0.25) is 4.79 Å². The molecule has 0 fully saturated rings. The van der Waals surface area contributed by atoms with Gasteiger partial charge in [-0.1, -0.05) is 24.3 Å². The van der Waals surface area contributed by atoms with Gasteiger partial charge >= 0.3 is 5.97 Å². The first-order valence-corrected chi connectivity index (χ1v) is 8.70. The molecule has 142 valence electrons. The lowest BCUT2D eigenvalue weighted by molar-refractivity contribution is -0.162. The molecule has 0 saturated heterocycles. The standard InChI is InChI=1S/C20H21NO6/c1-3-24-15-9-5-4-8-14(15)21-19(22)13(2)26-20(23)18-12-25-16-10-6-7-11-17(16)27-18/h4-11,13,18H,3,12H2,1-2H3,(H,21,22). The zero-order valence-electron chi connectivity index (χ0n) is 15.1. The monoisotopic (exact) mass is 371 g/mol. The molecule has 0 radical (unpaired) electrons. The van der Waals surface area contributed by atoms with Crippen LogP contribution >= 0.6 is 0 Å². The summed E-state index contributed by atoms with van der Waals surface area (Å²) < 4.78 is 21.8. The van der Waals surface area contributed by atoms with Gasteiger partial charge in [0.15, 0.2) is 17.6 Å². The number of hydrogen-bond acceptors (Lipinski definition) is 6. The highest BCUT2D eigenvalue weighted by atomic mass is 16.6. The van der Waals surface area contributed by atoms with Crippen molar-refractivity contribution in [1.29, 1.82) is 0 Å². The third kappa shape index (κ3) is 4.49. The molecule has 27 heavy (non-hydrogen) atoms. The Kier molecular flexibility index (Phi) is 5.80. The second-order valence-corrected chi connectivity index (χ2v) is 5.86. The fourth-order valence-electron chi connectivity index (χ4n) is 2.52. The van der Waals surface area contributed by atoms with Crippen molar-refractivity contribution in [3.63, 3.8) is 0 Å². The number of amides is 1. The van der Waals surface area contributed by atoms with E-state index in [-0.39, 0.29) is 6.61 Å². The topological polar surface area (TPSA) is 83.1 Å². The summed E-state index contributed by atoms with van der Waals surface area (Å²) in [4.78, 5) is 24.7. The first-order chi connectivity index (χ1) is 13.1. The van der Waals surface area contributed by atoms with Crippen LogP contribution in [0, 0.1) is 0 Å². The second-order valence-electron chi connectivity index (χ2n) is 5.86. The quantitative estimate of drug-likeness (QED) is 0.786. The molecule has 2 aromatic carbocycles. The van der Waals surface area contributed by atoms with E-state index in [4.69, 9.17) is 18.9 Å². The number of ether oxygens (including phenoxy) is 4. The number of carbonyl (C=O) groups is 2. The number of fused-ring (bicyclic) bond motifs is 1. The lowest BCUT2D eigenvalue weighted by atomic mass is 10.2. The smallest absolute Gasteiger partial charge is 0.351 e. The van der Waals surface area contributed by atoms with Crippen molar-refractivity contribution in [1.82, 2.24) is 0 Å². The van der Waals surface area contributed by atoms with E-state index in [1.807, 2.05) is 19.1 Å². The molecule has 1 aliphatic rings. The summed E-state index contributed by atoms with van der Waals surface area (Å²) in [7, 11) is 0. The summed E-state index contributed by atoms with van der Waals surface area (Å²) in [6.45, 7) is 3.84. The maximum Gasteiger partial charge on any atom is 0.351 e. The highest BCUT2D eigenvalue weighted by Crippen LogP contribution is 2.31. The fourth-order valence-corrected chi connectivity index (χ4v) is 2.52. The molecule has 0 aliphatic carbocycles. The lowest BCUT2D eigenvalue weighted by Crippen LogP contribution is -2.41. The van der Waals surface area contributed by atoms with Crippen LogP contribution in [0.2, 0.25) is 0 Å². The van der Waals surface area contributed by atoms with E-state index in [9.17, 15) is 9.59 Å². The van der Waals surface area contributed by atoms with Gasteiger partial charge < -0.3 is 24.3 Å². The number of para-hydroxylation sites is 4. The average Bonchev–Trinajstić information content (AvgIpc) is 2.69. The Balaban J connectivity index is 1.58. The van der Waals surface area contributed by atoms with Gasteiger partial charge in [0.05, 0.1) is 12.3 Å². The number of hydrogen-bond donors (Lipinski definition) is 1. The molecule has 3 rings (SSSR count). The van der Waals surface area contributed by atoms with Crippen molar-refractivity contribution in [2.24, 2.45) is 0 Å². The zero-order valence-corrected chi connectivity index (χ0v) is 15.1. The molecule has 2 unspecified atom stereocenters. The summed E-state index contributed by atoms with van der Waals surface area (Å²) >= 11 is 0. The zero-order chi connectivity index (χ0) is 19.2. The highest BCUT2D eigenvalue weighted by Gasteiger charge is 2.31. The van der Waals surface area contributed by atoms with Crippen molar-refractivity contribution in [2.45, 2.75) is 26.1 Å². The number of nitrogens with one attached hydrogen (secondary N) is 1. The van der Waals surface area contributed by atoms with Crippen LogP contribution in [-0.4, -0.2) is 37.3 Å². The van der Waals surface area contributed by atoms with Crippen LogP contribution in [0.3, 0.4) is 0 Å². The minimum atomic E-state index is -1.01. The number of benzene rings is 2. The molecule has 0 bridgehead atoms. The summed E-state index contributed by atoms with van der Waals surface area (Å²) in [6, 6.07) is 14.1. The fraction of sp³-hybridized carbons (Fsp3) is 0.300. The number of carbonyl (C=O) groups excluding carboxylic acids is 2. The molecule has 1 N–H and O–H groups in total. The summed E-state index contributed by atoms with van der Waals surface area (Å²) in [5, 5.41) is 2.71. The molecule has 1 heterocycles. The maximum atomic E-state index is 12.4. The van der Waals surface area contributed by atoms with E-state index in [0.717, 1.165) is 0 Å². The van der Waals surface area contributed by atoms with E-state index >= 15 is 0 Å². The van der Waals surface area contributed by atoms with Gasteiger partial charge in [0.1, 0.15) is 12.4 Å². The Bertz CT molecular complexity index is 822. The minimum Gasteiger partial charge on any atom is -0.492 e. The molecular weight excluding hydrogens is 350 g/mol. The van der Waals surface area contributed by atoms with Crippen molar-refractivity contribution < 1.29 is 28.5 Å². The molecule has 2 aromatic rings. The third-order valence-electron chi connectivity index (χ3n) is 3.88. The van der Waals surface area contributed by atoms with E-state index in [2.05, 4.69) is 5.32 Å². The molecule has 2 atom stereocenters. The second kappa shape index (κ2) is 8.44. The van der Waals surface area contributed by atoms with Gasteiger partial charge in [0, 0.05) is 0 Å². The highest BCUT2D eigenvalue weighted by molar-refractivity contribution is 5.96. The van der Waals surface area contributed by atoms with E-state index in [1.54, 1.807) is 36.4 Å². The maximum absolute atomic E-state index is 12.4. The largest absolute Gasteiger partial charge is 0.492 e. The molecule has 0 aromatic heterocycles. The molecule has 1 aliphatic heterocycles. The van der Waals surface area contributed by atoms with Gasteiger partial charge in [-0.25, -0.2) is 4.79 Å². The van der Waals surface area contributed by atoms with Crippen LogP contribution in [0.25, 0.3) is 0 Å². The SMILES string of the molecule is CCOc1ccccc1NC(=O)C(C)OC(=O)C1COc2ccccc2O1.